The van der Waals surface area contributed by atoms with Gasteiger partial charge in [-0.1, -0.05) is 0 Å². The second-order valence-corrected chi connectivity index (χ2v) is 4.71. The van der Waals surface area contributed by atoms with Gasteiger partial charge in [-0.05, 0) is 18.6 Å². The van der Waals surface area contributed by atoms with Gasteiger partial charge in [0, 0.05) is 25.4 Å². The van der Waals surface area contributed by atoms with Crippen LogP contribution < -0.4 is 10.9 Å². The Labute approximate surface area is 123 Å². The van der Waals surface area contributed by atoms with Crippen molar-refractivity contribution < 1.29 is 18.0 Å². The fourth-order valence-corrected chi connectivity index (χ4v) is 1.76. The van der Waals surface area contributed by atoms with Gasteiger partial charge in [0.25, 0.3) is 5.56 Å². The van der Waals surface area contributed by atoms with E-state index in [-0.39, 0.29) is 13.0 Å². The summed E-state index contributed by atoms with van der Waals surface area (Å²) >= 11 is 0. The summed E-state index contributed by atoms with van der Waals surface area (Å²) < 4.78 is 39.2. The van der Waals surface area contributed by atoms with E-state index in [0.29, 0.717) is 12.3 Å². The Morgan fingerprint density at radius 3 is 2.77 bits per heavy atom. The predicted octanol–water partition coefficient (Wildman–Crippen LogP) is 1.93. The number of amides is 1. The summed E-state index contributed by atoms with van der Waals surface area (Å²) in [6, 6.07) is 0.606. The van der Waals surface area contributed by atoms with E-state index in [9.17, 15) is 22.8 Å². The zero-order valence-corrected chi connectivity index (χ0v) is 11.6. The number of hydrogen-bond donors (Lipinski definition) is 2. The molecule has 118 valence electrons. The van der Waals surface area contributed by atoms with Crippen LogP contribution in [0.4, 0.5) is 18.9 Å². The molecule has 1 amide bonds. The van der Waals surface area contributed by atoms with Crippen molar-refractivity contribution in [3.63, 3.8) is 0 Å². The molecule has 2 rings (SSSR count). The molecule has 0 radical (unpaired) electrons. The molecule has 0 saturated carbocycles. The van der Waals surface area contributed by atoms with Crippen LogP contribution in [-0.4, -0.2) is 20.7 Å². The second-order valence-electron chi connectivity index (χ2n) is 4.71. The number of anilines is 1. The van der Waals surface area contributed by atoms with Gasteiger partial charge in [0.2, 0.25) is 5.91 Å². The van der Waals surface area contributed by atoms with E-state index in [1.54, 1.807) is 12.4 Å². The number of aromatic amines is 1. The molecule has 2 heterocycles. The van der Waals surface area contributed by atoms with E-state index in [1.165, 1.54) is 4.68 Å². The Bertz CT molecular complexity index is 733. The first-order valence-electron chi connectivity index (χ1n) is 6.34. The van der Waals surface area contributed by atoms with Gasteiger partial charge < -0.3 is 10.3 Å². The van der Waals surface area contributed by atoms with Gasteiger partial charge in [0.15, 0.2) is 0 Å². The van der Waals surface area contributed by atoms with Gasteiger partial charge in [-0.2, -0.15) is 18.3 Å². The molecule has 0 aliphatic heterocycles. The molecular weight excluding hydrogens is 301 g/mol. The fraction of sp³-hybridized carbons (Fsp3) is 0.308. The van der Waals surface area contributed by atoms with Gasteiger partial charge in [0.05, 0.1) is 11.8 Å². The third-order valence-electron chi connectivity index (χ3n) is 2.83. The standard InChI is InChI=1S/C13H13F3N4O2/c1-8-5-18-20(7-8)3-2-11(21)19-10-4-9(13(14,15)16)6-17-12(10)22/h4-7H,2-3H2,1H3,(H,17,22)(H,19,21). The Morgan fingerprint density at radius 2 is 2.18 bits per heavy atom. The SMILES string of the molecule is Cc1cnn(CCC(=O)Nc2cc(C(F)(F)F)c[nH]c2=O)c1. The highest BCUT2D eigenvalue weighted by Gasteiger charge is 2.31. The van der Waals surface area contributed by atoms with Gasteiger partial charge >= 0.3 is 6.18 Å². The van der Waals surface area contributed by atoms with E-state index >= 15 is 0 Å². The molecule has 0 unspecified atom stereocenters. The Morgan fingerprint density at radius 1 is 1.45 bits per heavy atom. The summed E-state index contributed by atoms with van der Waals surface area (Å²) in [6.45, 7) is 2.10. The topological polar surface area (TPSA) is 79.8 Å². The third-order valence-corrected chi connectivity index (χ3v) is 2.83. The number of nitrogens with one attached hydrogen (secondary N) is 2. The quantitative estimate of drug-likeness (QED) is 0.905. The normalized spacial score (nSPS) is 11.5. The third kappa shape index (κ3) is 3.96. The van der Waals surface area contributed by atoms with Crippen molar-refractivity contribution >= 4 is 11.6 Å². The molecule has 22 heavy (non-hydrogen) atoms. The second kappa shape index (κ2) is 6.04. The summed E-state index contributed by atoms with van der Waals surface area (Å²) in [4.78, 5) is 25.1. The average Bonchev–Trinajstić information content (AvgIpc) is 2.83. The smallest absolute Gasteiger partial charge is 0.327 e. The first-order chi connectivity index (χ1) is 10.3. The molecule has 0 aliphatic rings. The number of halogens is 3. The number of carbonyl (C=O) groups excluding carboxylic acids is 1. The van der Waals surface area contributed by atoms with Crippen molar-refractivity contribution in [2.24, 2.45) is 0 Å². The molecular formula is C13H13F3N4O2. The number of rotatable bonds is 4. The molecule has 9 heteroatoms. The first-order valence-corrected chi connectivity index (χ1v) is 6.34. The van der Waals surface area contributed by atoms with Crippen molar-refractivity contribution in [3.8, 4) is 0 Å². The van der Waals surface area contributed by atoms with Gasteiger partial charge in [-0.25, -0.2) is 0 Å². The number of alkyl halides is 3. The number of hydrogen-bond acceptors (Lipinski definition) is 3. The monoisotopic (exact) mass is 314 g/mol. The lowest BCUT2D eigenvalue weighted by molar-refractivity contribution is -0.137. The predicted molar refractivity (Wildman–Crippen MR) is 72.3 cm³/mol. The van der Waals surface area contributed by atoms with Gasteiger partial charge in [-0.15, -0.1) is 0 Å². The molecule has 0 aromatic carbocycles. The van der Waals surface area contributed by atoms with Crippen molar-refractivity contribution in [1.82, 2.24) is 14.8 Å². The molecule has 0 aliphatic carbocycles. The lowest BCUT2D eigenvalue weighted by Crippen LogP contribution is -2.22. The number of H-pyrrole nitrogens is 1. The van der Waals surface area contributed by atoms with Crippen molar-refractivity contribution in [1.29, 1.82) is 0 Å². The highest BCUT2D eigenvalue weighted by molar-refractivity contribution is 5.90. The number of pyridine rings is 1. The highest BCUT2D eigenvalue weighted by atomic mass is 19.4. The van der Waals surface area contributed by atoms with Crippen LogP contribution in [-0.2, 0) is 17.5 Å². The average molecular weight is 314 g/mol. The van der Waals surface area contributed by atoms with E-state index in [1.807, 2.05) is 11.9 Å². The lowest BCUT2D eigenvalue weighted by atomic mass is 10.2. The Balaban J connectivity index is 2.03. The van der Waals surface area contributed by atoms with E-state index in [0.717, 1.165) is 5.56 Å². The molecule has 0 spiro atoms. The number of aryl methyl sites for hydroxylation is 2. The molecule has 0 saturated heterocycles. The molecule has 0 fully saturated rings. The van der Waals surface area contributed by atoms with E-state index in [4.69, 9.17) is 0 Å². The summed E-state index contributed by atoms with van der Waals surface area (Å²) in [6.07, 6.45) is -0.711. The van der Waals surface area contributed by atoms with Crippen LogP contribution in [0.15, 0.2) is 29.5 Å². The van der Waals surface area contributed by atoms with Crippen LogP contribution >= 0.6 is 0 Å². The molecule has 2 N–H and O–H groups in total. The number of nitrogens with zero attached hydrogens (tertiary/aromatic N) is 2. The largest absolute Gasteiger partial charge is 0.417 e. The van der Waals surface area contributed by atoms with Crippen LogP contribution in [0.2, 0.25) is 0 Å². The minimum Gasteiger partial charge on any atom is -0.327 e. The van der Waals surface area contributed by atoms with Crippen molar-refractivity contribution in [2.75, 3.05) is 5.32 Å². The van der Waals surface area contributed by atoms with Crippen LogP contribution in [0.3, 0.4) is 0 Å². The van der Waals surface area contributed by atoms with Crippen molar-refractivity contribution in [3.05, 3.63) is 46.1 Å². The molecule has 6 nitrogen and oxygen atoms in total. The van der Waals surface area contributed by atoms with E-state index in [2.05, 4.69) is 10.4 Å². The zero-order valence-electron chi connectivity index (χ0n) is 11.6. The molecule has 0 atom stereocenters. The zero-order chi connectivity index (χ0) is 16.3. The van der Waals surface area contributed by atoms with Crippen LogP contribution in [0, 0.1) is 6.92 Å². The van der Waals surface area contributed by atoms with Crippen LogP contribution in [0.1, 0.15) is 17.5 Å². The minimum absolute atomic E-state index is 0.0171. The maximum Gasteiger partial charge on any atom is 0.417 e. The van der Waals surface area contributed by atoms with Crippen LogP contribution in [0.25, 0.3) is 0 Å². The molecule has 2 aromatic rings. The number of carbonyl (C=O) groups is 1. The Kier molecular flexibility index (Phi) is 4.34. The molecule has 0 bridgehead atoms. The lowest BCUT2D eigenvalue weighted by Gasteiger charge is -2.09. The van der Waals surface area contributed by atoms with Crippen molar-refractivity contribution in [2.45, 2.75) is 26.1 Å². The first kappa shape index (κ1) is 15.8. The fourth-order valence-electron chi connectivity index (χ4n) is 1.76. The molecule has 2 aromatic heterocycles. The van der Waals surface area contributed by atoms with E-state index < -0.39 is 28.9 Å². The summed E-state index contributed by atoms with van der Waals surface area (Å²) in [5.74, 6) is -0.571. The van der Waals surface area contributed by atoms with Crippen LogP contribution in [0.5, 0.6) is 0 Å². The summed E-state index contributed by atoms with van der Waals surface area (Å²) in [7, 11) is 0. The van der Waals surface area contributed by atoms with Gasteiger partial charge in [0.1, 0.15) is 5.69 Å². The maximum absolute atomic E-state index is 12.6. The summed E-state index contributed by atoms with van der Waals surface area (Å²) in [5.41, 5.74) is -1.34. The Hall–Kier alpha value is -2.58. The maximum atomic E-state index is 12.6. The summed E-state index contributed by atoms with van der Waals surface area (Å²) in [5, 5.41) is 6.15. The van der Waals surface area contributed by atoms with Gasteiger partial charge in [-0.3, -0.25) is 14.3 Å². The minimum atomic E-state index is -4.60. The highest BCUT2D eigenvalue weighted by Crippen LogP contribution is 2.29. The number of aromatic nitrogens is 3.